The maximum absolute atomic E-state index is 12.5. The van der Waals surface area contributed by atoms with Gasteiger partial charge < -0.3 is 10.2 Å². The van der Waals surface area contributed by atoms with E-state index < -0.39 is 0 Å². The summed E-state index contributed by atoms with van der Waals surface area (Å²) in [5.74, 6) is 0.659. The number of hydrogen-bond acceptors (Lipinski definition) is 4. The highest BCUT2D eigenvalue weighted by atomic mass is 16.2. The standard InChI is InChI=1S/C16H24N4O/c1-17-14-12-18-11-13(19-14)15(21)20-9-7-16(8-10-20)5-3-2-4-6-16/h11-12H,2-10H2,1H3,(H,17,19). The van der Waals surface area contributed by atoms with Gasteiger partial charge in [-0.2, -0.15) is 0 Å². The normalized spacial score (nSPS) is 21.3. The van der Waals surface area contributed by atoms with Crippen molar-refractivity contribution < 1.29 is 4.79 Å². The van der Waals surface area contributed by atoms with Crippen LogP contribution in [0.3, 0.4) is 0 Å². The number of carbonyl (C=O) groups is 1. The van der Waals surface area contributed by atoms with Crippen molar-refractivity contribution in [1.29, 1.82) is 0 Å². The Balaban J connectivity index is 1.64. The van der Waals surface area contributed by atoms with Crippen molar-refractivity contribution >= 4 is 11.7 Å². The molecular formula is C16H24N4O. The second-order valence-electron chi connectivity index (χ2n) is 6.39. The van der Waals surface area contributed by atoms with Gasteiger partial charge in [-0.05, 0) is 31.1 Å². The summed E-state index contributed by atoms with van der Waals surface area (Å²) in [6.45, 7) is 1.73. The largest absolute Gasteiger partial charge is 0.372 e. The molecule has 1 saturated heterocycles. The minimum atomic E-state index is 0.0188. The Labute approximate surface area is 126 Å². The summed E-state index contributed by atoms with van der Waals surface area (Å²) < 4.78 is 0. The van der Waals surface area contributed by atoms with Crippen molar-refractivity contribution in [3.63, 3.8) is 0 Å². The Kier molecular flexibility index (Phi) is 4.08. The fraction of sp³-hybridized carbons (Fsp3) is 0.688. The third kappa shape index (κ3) is 3.01. The topological polar surface area (TPSA) is 58.1 Å². The van der Waals surface area contributed by atoms with Crippen LogP contribution in [-0.4, -0.2) is 40.9 Å². The Morgan fingerprint density at radius 1 is 1.14 bits per heavy atom. The molecule has 21 heavy (non-hydrogen) atoms. The van der Waals surface area contributed by atoms with Crippen molar-refractivity contribution in [1.82, 2.24) is 14.9 Å². The summed E-state index contributed by atoms with van der Waals surface area (Å²) in [5, 5.41) is 2.93. The number of rotatable bonds is 2. The van der Waals surface area contributed by atoms with E-state index in [1.54, 1.807) is 19.4 Å². The summed E-state index contributed by atoms with van der Waals surface area (Å²) in [6.07, 6.45) is 12.3. The molecule has 0 aromatic carbocycles. The lowest BCUT2D eigenvalue weighted by atomic mass is 9.68. The average molecular weight is 288 g/mol. The van der Waals surface area contributed by atoms with E-state index in [0.717, 1.165) is 25.9 Å². The van der Waals surface area contributed by atoms with Gasteiger partial charge in [0, 0.05) is 20.1 Å². The van der Waals surface area contributed by atoms with Crippen LogP contribution < -0.4 is 5.32 Å². The van der Waals surface area contributed by atoms with Crippen molar-refractivity contribution in [2.45, 2.75) is 44.9 Å². The van der Waals surface area contributed by atoms with E-state index in [0.29, 0.717) is 16.9 Å². The predicted octanol–water partition coefficient (Wildman–Crippen LogP) is 2.70. The molecule has 114 valence electrons. The Morgan fingerprint density at radius 3 is 2.52 bits per heavy atom. The molecule has 5 heteroatoms. The molecule has 1 aliphatic carbocycles. The maximum atomic E-state index is 12.5. The summed E-state index contributed by atoms with van der Waals surface area (Å²) in [6, 6.07) is 0. The number of hydrogen-bond donors (Lipinski definition) is 1. The fourth-order valence-electron chi connectivity index (χ4n) is 3.74. The SMILES string of the molecule is CNc1cncc(C(=O)N2CCC3(CCCCC3)CC2)n1. The number of amides is 1. The number of nitrogens with one attached hydrogen (secondary N) is 1. The zero-order valence-corrected chi connectivity index (χ0v) is 12.8. The zero-order valence-electron chi connectivity index (χ0n) is 12.8. The number of aromatic nitrogens is 2. The van der Waals surface area contributed by atoms with E-state index in [-0.39, 0.29) is 5.91 Å². The average Bonchev–Trinajstić information content (AvgIpc) is 2.56. The number of likely N-dealkylation sites (tertiary alicyclic amines) is 1. The second kappa shape index (κ2) is 6.00. The van der Waals surface area contributed by atoms with Gasteiger partial charge in [0.25, 0.3) is 5.91 Å². The van der Waals surface area contributed by atoms with E-state index in [1.165, 1.54) is 32.1 Å². The lowest BCUT2D eigenvalue weighted by Gasteiger charge is -2.44. The Bertz CT molecular complexity index is 501. The molecule has 0 atom stereocenters. The summed E-state index contributed by atoms with van der Waals surface area (Å²) >= 11 is 0. The molecule has 1 aromatic rings. The summed E-state index contributed by atoms with van der Waals surface area (Å²) in [5.41, 5.74) is 0.967. The summed E-state index contributed by atoms with van der Waals surface area (Å²) in [4.78, 5) is 22.9. The molecule has 1 aromatic heterocycles. The maximum Gasteiger partial charge on any atom is 0.274 e. The minimum absolute atomic E-state index is 0.0188. The number of carbonyl (C=O) groups excluding carboxylic acids is 1. The first kappa shape index (κ1) is 14.3. The van der Waals surface area contributed by atoms with Gasteiger partial charge in [0.1, 0.15) is 11.5 Å². The van der Waals surface area contributed by atoms with Gasteiger partial charge in [0.05, 0.1) is 12.4 Å². The van der Waals surface area contributed by atoms with E-state index >= 15 is 0 Å². The molecule has 2 fully saturated rings. The zero-order chi connectivity index (χ0) is 14.7. The molecule has 1 saturated carbocycles. The molecule has 1 spiro atoms. The quantitative estimate of drug-likeness (QED) is 0.909. The highest BCUT2D eigenvalue weighted by Gasteiger charge is 2.37. The van der Waals surface area contributed by atoms with Crippen LogP contribution >= 0.6 is 0 Å². The molecule has 5 nitrogen and oxygen atoms in total. The van der Waals surface area contributed by atoms with Gasteiger partial charge in [0.15, 0.2) is 0 Å². The van der Waals surface area contributed by atoms with E-state index in [1.807, 2.05) is 4.90 Å². The van der Waals surface area contributed by atoms with Gasteiger partial charge >= 0.3 is 0 Å². The molecular weight excluding hydrogens is 264 g/mol. The van der Waals surface area contributed by atoms with E-state index in [9.17, 15) is 4.79 Å². The number of anilines is 1. The Hall–Kier alpha value is -1.65. The predicted molar refractivity (Wildman–Crippen MR) is 82.2 cm³/mol. The van der Waals surface area contributed by atoms with Crippen LogP contribution in [0, 0.1) is 5.41 Å². The van der Waals surface area contributed by atoms with Crippen LogP contribution in [0.1, 0.15) is 55.4 Å². The monoisotopic (exact) mass is 288 g/mol. The van der Waals surface area contributed by atoms with Crippen LogP contribution in [0.5, 0.6) is 0 Å². The molecule has 3 rings (SSSR count). The smallest absolute Gasteiger partial charge is 0.274 e. The van der Waals surface area contributed by atoms with Crippen molar-refractivity contribution in [3.8, 4) is 0 Å². The van der Waals surface area contributed by atoms with Crippen molar-refractivity contribution in [2.24, 2.45) is 5.41 Å². The third-order valence-electron chi connectivity index (χ3n) is 5.14. The van der Waals surface area contributed by atoms with Crippen LogP contribution in [0.15, 0.2) is 12.4 Å². The van der Waals surface area contributed by atoms with Crippen molar-refractivity contribution in [3.05, 3.63) is 18.1 Å². The molecule has 0 unspecified atom stereocenters. The van der Waals surface area contributed by atoms with Gasteiger partial charge in [-0.25, -0.2) is 4.98 Å². The first-order valence-corrected chi connectivity index (χ1v) is 8.02. The van der Waals surface area contributed by atoms with Crippen LogP contribution in [0.4, 0.5) is 5.82 Å². The molecule has 1 N–H and O–H groups in total. The van der Waals surface area contributed by atoms with Crippen molar-refractivity contribution in [2.75, 3.05) is 25.5 Å². The van der Waals surface area contributed by atoms with Crippen LogP contribution in [-0.2, 0) is 0 Å². The van der Waals surface area contributed by atoms with E-state index in [2.05, 4.69) is 15.3 Å². The first-order valence-electron chi connectivity index (χ1n) is 8.02. The second-order valence-corrected chi connectivity index (χ2v) is 6.39. The molecule has 0 bridgehead atoms. The highest BCUT2D eigenvalue weighted by Crippen LogP contribution is 2.44. The molecule has 1 aliphatic heterocycles. The van der Waals surface area contributed by atoms with E-state index in [4.69, 9.17) is 0 Å². The molecule has 2 heterocycles. The number of nitrogens with zero attached hydrogens (tertiary/aromatic N) is 3. The Morgan fingerprint density at radius 2 is 1.86 bits per heavy atom. The van der Waals surface area contributed by atoms with Crippen LogP contribution in [0.2, 0.25) is 0 Å². The molecule has 0 radical (unpaired) electrons. The van der Waals surface area contributed by atoms with Gasteiger partial charge in [-0.15, -0.1) is 0 Å². The third-order valence-corrected chi connectivity index (χ3v) is 5.14. The minimum Gasteiger partial charge on any atom is -0.372 e. The highest BCUT2D eigenvalue weighted by molar-refractivity contribution is 5.92. The molecule has 2 aliphatic rings. The number of piperidine rings is 1. The fourth-order valence-corrected chi connectivity index (χ4v) is 3.74. The van der Waals surface area contributed by atoms with Crippen LogP contribution in [0.25, 0.3) is 0 Å². The lowest BCUT2D eigenvalue weighted by molar-refractivity contribution is 0.0467. The molecule has 1 amide bonds. The lowest BCUT2D eigenvalue weighted by Crippen LogP contribution is -2.44. The van der Waals surface area contributed by atoms with Gasteiger partial charge in [0.2, 0.25) is 0 Å². The van der Waals surface area contributed by atoms with Gasteiger partial charge in [-0.3, -0.25) is 9.78 Å². The summed E-state index contributed by atoms with van der Waals surface area (Å²) in [7, 11) is 1.78. The van der Waals surface area contributed by atoms with Gasteiger partial charge in [-0.1, -0.05) is 19.3 Å². The first-order chi connectivity index (χ1) is 10.2.